The van der Waals surface area contributed by atoms with Crippen LogP contribution in [0.25, 0.3) is 0 Å². The van der Waals surface area contributed by atoms with Crippen LogP contribution in [0, 0.1) is 6.92 Å². The summed E-state index contributed by atoms with van der Waals surface area (Å²) in [7, 11) is 1.62. The number of benzene rings is 4. The van der Waals surface area contributed by atoms with Gasteiger partial charge < -0.3 is 15.0 Å². The van der Waals surface area contributed by atoms with Crippen LogP contribution in [0.15, 0.2) is 103 Å². The second-order valence-corrected chi connectivity index (χ2v) is 10.0. The first-order valence-electron chi connectivity index (χ1n) is 13.0. The van der Waals surface area contributed by atoms with Crippen LogP contribution in [0.3, 0.4) is 0 Å². The fourth-order valence-electron chi connectivity index (χ4n) is 4.37. The van der Waals surface area contributed by atoms with Crippen molar-refractivity contribution < 1.29 is 14.3 Å². The zero-order valence-corrected chi connectivity index (χ0v) is 23.0. The normalized spacial score (nSPS) is 11.5. The third-order valence-electron chi connectivity index (χ3n) is 6.64. The number of carbonyl (C=O) groups is 2. The number of nitrogens with one attached hydrogen (secondary N) is 1. The molecular weight excluding hydrogens is 508 g/mol. The largest absolute Gasteiger partial charge is 0.497 e. The fraction of sp³-hybridized carbons (Fsp3) is 0.212. The molecule has 0 heterocycles. The number of aryl methyl sites for hydroxylation is 1. The quantitative estimate of drug-likeness (QED) is 0.248. The summed E-state index contributed by atoms with van der Waals surface area (Å²) in [6.45, 7) is 2.69. The number of rotatable bonds is 11. The smallest absolute Gasteiger partial charge is 0.243 e. The molecule has 0 aliphatic carbocycles. The molecule has 1 atom stereocenters. The average Bonchev–Trinajstić information content (AvgIpc) is 2.96. The van der Waals surface area contributed by atoms with E-state index in [1.165, 1.54) is 0 Å². The lowest BCUT2D eigenvalue weighted by molar-refractivity contribution is -0.140. The maximum absolute atomic E-state index is 13.9. The molecule has 0 bridgehead atoms. The van der Waals surface area contributed by atoms with E-state index < -0.39 is 6.04 Å². The highest BCUT2D eigenvalue weighted by molar-refractivity contribution is 6.30. The van der Waals surface area contributed by atoms with E-state index in [1.807, 2.05) is 97.9 Å². The Morgan fingerprint density at radius 3 is 2.05 bits per heavy atom. The Morgan fingerprint density at radius 2 is 1.41 bits per heavy atom. The zero-order valence-electron chi connectivity index (χ0n) is 22.3. The van der Waals surface area contributed by atoms with E-state index >= 15 is 0 Å². The second-order valence-electron chi connectivity index (χ2n) is 9.58. The highest BCUT2D eigenvalue weighted by Gasteiger charge is 2.30. The van der Waals surface area contributed by atoms with Gasteiger partial charge in [-0.25, -0.2) is 0 Å². The van der Waals surface area contributed by atoms with Crippen molar-refractivity contribution in [3.05, 3.63) is 136 Å². The number of hydrogen-bond donors (Lipinski definition) is 1. The number of nitrogens with zero attached hydrogens (tertiary/aromatic N) is 1. The highest BCUT2D eigenvalue weighted by atomic mass is 35.5. The molecule has 1 unspecified atom stereocenters. The monoisotopic (exact) mass is 540 g/mol. The van der Waals surface area contributed by atoms with Crippen molar-refractivity contribution >= 4 is 23.4 Å². The predicted molar refractivity (Wildman–Crippen MR) is 156 cm³/mol. The van der Waals surface area contributed by atoms with Crippen LogP contribution >= 0.6 is 11.6 Å². The standard InChI is InChI=1S/C33H33ClN2O3/c1-24-8-10-27(11-9-24)22-35-33(38)31(20-25-6-4-3-5-7-25)36(23-28-14-18-30(39-2)19-15-28)32(37)21-26-12-16-29(34)17-13-26/h3-19,31H,20-23H2,1-2H3,(H,35,38). The molecule has 0 aromatic heterocycles. The molecule has 0 saturated heterocycles. The third-order valence-corrected chi connectivity index (χ3v) is 6.89. The molecule has 0 aliphatic rings. The Morgan fingerprint density at radius 1 is 0.795 bits per heavy atom. The van der Waals surface area contributed by atoms with Crippen molar-refractivity contribution in [1.29, 1.82) is 0 Å². The predicted octanol–water partition coefficient (Wildman–Crippen LogP) is 6.16. The molecule has 1 N–H and O–H groups in total. The Labute approximate surface area is 235 Å². The van der Waals surface area contributed by atoms with Crippen molar-refractivity contribution in [2.75, 3.05) is 7.11 Å². The minimum Gasteiger partial charge on any atom is -0.497 e. The molecule has 0 radical (unpaired) electrons. The van der Waals surface area contributed by atoms with Crippen molar-refractivity contribution in [1.82, 2.24) is 10.2 Å². The Kier molecular flexibility index (Phi) is 9.76. The van der Waals surface area contributed by atoms with Gasteiger partial charge in [0, 0.05) is 24.5 Å². The first-order valence-corrected chi connectivity index (χ1v) is 13.3. The van der Waals surface area contributed by atoms with Gasteiger partial charge in [-0.2, -0.15) is 0 Å². The van der Waals surface area contributed by atoms with Gasteiger partial charge in [-0.05, 0) is 53.4 Å². The van der Waals surface area contributed by atoms with Crippen LogP contribution in [0.4, 0.5) is 0 Å². The van der Waals surface area contributed by atoms with E-state index in [-0.39, 0.29) is 24.8 Å². The van der Waals surface area contributed by atoms with Crippen molar-refractivity contribution in [3.8, 4) is 5.75 Å². The lowest BCUT2D eigenvalue weighted by Crippen LogP contribution is -2.50. The first-order chi connectivity index (χ1) is 18.9. The number of amides is 2. The van der Waals surface area contributed by atoms with Crippen molar-refractivity contribution in [2.24, 2.45) is 0 Å². The molecule has 0 aliphatic heterocycles. The van der Waals surface area contributed by atoms with Crippen LogP contribution in [-0.4, -0.2) is 29.9 Å². The van der Waals surface area contributed by atoms with E-state index in [1.54, 1.807) is 24.1 Å². The number of ether oxygens (including phenoxy) is 1. The Balaban J connectivity index is 1.64. The first kappa shape index (κ1) is 27.9. The minimum atomic E-state index is -0.709. The Hall–Kier alpha value is -4.09. The Bertz CT molecular complexity index is 1360. The summed E-state index contributed by atoms with van der Waals surface area (Å²) in [6.07, 6.45) is 0.549. The maximum Gasteiger partial charge on any atom is 0.243 e. The van der Waals surface area contributed by atoms with Crippen LogP contribution in [0.5, 0.6) is 5.75 Å². The molecule has 4 rings (SSSR count). The van der Waals surface area contributed by atoms with Gasteiger partial charge in [0.2, 0.25) is 11.8 Å². The van der Waals surface area contributed by atoms with E-state index in [0.717, 1.165) is 33.6 Å². The summed E-state index contributed by atoms with van der Waals surface area (Å²) in [4.78, 5) is 29.3. The molecule has 0 saturated carbocycles. The molecule has 0 spiro atoms. The molecule has 4 aromatic rings. The average molecular weight is 541 g/mol. The zero-order chi connectivity index (χ0) is 27.6. The van der Waals surface area contributed by atoms with Gasteiger partial charge in [0.05, 0.1) is 13.5 Å². The van der Waals surface area contributed by atoms with Gasteiger partial charge in [0.1, 0.15) is 11.8 Å². The van der Waals surface area contributed by atoms with Crippen molar-refractivity contribution in [3.63, 3.8) is 0 Å². The summed E-state index contributed by atoms with van der Waals surface area (Å²) >= 11 is 6.06. The molecule has 2 amide bonds. The van der Waals surface area contributed by atoms with E-state index in [4.69, 9.17) is 16.3 Å². The van der Waals surface area contributed by atoms with Crippen LogP contribution < -0.4 is 10.1 Å². The van der Waals surface area contributed by atoms with Crippen LogP contribution in [0.1, 0.15) is 27.8 Å². The number of methoxy groups -OCH3 is 1. The number of carbonyl (C=O) groups excluding carboxylic acids is 2. The van der Waals surface area contributed by atoms with Gasteiger partial charge >= 0.3 is 0 Å². The summed E-state index contributed by atoms with van der Waals surface area (Å²) in [5.74, 6) is 0.395. The fourth-order valence-corrected chi connectivity index (χ4v) is 4.50. The summed E-state index contributed by atoms with van der Waals surface area (Å²) in [5.41, 5.74) is 4.88. The van der Waals surface area contributed by atoms with E-state index in [9.17, 15) is 9.59 Å². The highest BCUT2D eigenvalue weighted by Crippen LogP contribution is 2.19. The van der Waals surface area contributed by atoms with Gasteiger partial charge in [-0.15, -0.1) is 0 Å². The summed E-state index contributed by atoms with van der Waals surface area (Å²) < 4.78 is 5.30. The van der Waals surface area contributed by atoms with Gasteiger partial charge in [0.25, 0.3) is 0 Å². The number of halogens is 1. The van der Waals surface area contributed by atoms with Gasteiger partial charge in [-0.3, -0.25) is 9.59 Å². The van der Waals surface area contributed by atoms with E-state index in [2.05, 4.69) is 5.32 Å². The third kappa shape index (κ3) is 8.20. The molecule has 39 heavy (non-hydrogen) atoms. The molecule has 4 aromatic carbocycles. The van der Waals surface area contributed by atoms with Gasteiger partial charge in [0.15, 0.2) is 0 Å². The second kappa shape index (κ2) is 13.6. The summed E-state index contributed by atoms with van der Waals surface area (Å²) in [6, 6.07) is 31.9. The van der Waals surface area contributed by atoms with Crippen LogP contribution in [-0.2, 0) is 35.5 Å². The van der Waals surface area contributed by atoms with E-state index in [0.29, 0.717) is 18.0 Å². The SMILES string of the molecule is COc1ccc(CN(C(=O)Cc2ccc(Cl)cc2)C(Cc2ccccc2)C(=O)NCc2ccc(C)cc2)cc1. The minimum absolute atomic E-state index is 0.139. The number of hydrogen-bond acceptors (Lipinski definition) is 3. The summed E-state index contributed by atoms with van der Waals surface area (Å²) in [5, 5.41) is 3.69. The molecule has 0 fully saturated rings. The molecule has 5 nitrogen and oxygen atoms in total. The molecule has 6 heteroatoms. The van der Waals surface area contributed by atoms with Crippen LogP contribution in [0.2, 0.25) is 5.02 Å². The lowest BCUT2D eigenvalue weighted by atomic mass is 10.0. The molecular formula is C33H33ClN2O3. The molecule has 200 valence electrons. The van der Waals surface area contributed by atoms with Crippen molar-refractivity contribution in [2.45, 2.75) is 38.9 Å². The van der Waals surface area contributed by atoms with Gasteiger partial charge in [-0.1, -0.05) is 96.0 Å². The lowest BCUT2D eigenvalue weighted by Gasteiger charge is -2.32. The topological polar surface area (TPSA) is 58.6 Å². The maximum atomic E-state index is 13.9.